The largest absolute Gasteiger partial charge is 0.365 e. The number of pyridine rings is 1. The molecule has 9 nitrogen and oxygen atoms in total. The highest BCUT2D eigenvalue weighted by Crippen LogP contribution is 2.35. The van der Waals surface area contributed by atoms with Crippen LogP contribution in [0.4, 0.5) is 5.82 Å². The lowest BCUT2D eigenvalue weighted by molar-refractivity contribution is -0.146. The van der Waals surface area contributed by atoms with Gasteiger partial charge in [-0.15, -0.1) is 11.3 Å². The third-order valence-corrected chi connectivity index (χ3v) is 7.29. The van der Waals surface area contributed by atoms with E-state index in [0.717, 1.165) is 46.6 Å². The third-order valence-electron chi connectivity index (χ3n) is 6.19. The molecule has 1 aromatic carbocycles. The number of likely N-dealkylation sites (tertiary alicyclic amines) is 1. The molecule has 2 unspecified atom stereocenters. The number of rotatable bonds is 6. The van der Waals surface area contributed by atoms with Gasteiger partial charge in [0, 0.05) is 25.7 Å². The Hall–Kier alpha value is -3.37. The Morgan fingerprint density at radius 1 is 1.23 bits per heavy atom. The molecule has 1 saturated heterocycles. The summed E-state index contributed by atoms with van der Waals surface area (Å²) in [5, 5.41) is 3.55. The summed E-state index contributed by atoms with van der Waals surface area (Å²) in [5.74, 6) is -1.99. The van der Waals surface area contributed by atoms with Crippen LogP contribution >= 0.6 is 11.3 Å². The van der Waals surface area contributed by atoms with Crippen LogP contribution in [0.1, 0.15) is 46.7 Å². The van der Waals surface area contributed by atoms with E-state index in [2.05, 4.69) is 28.2 Å². The SMILES string of the molecule is CC1CCC(c2ccc3sc(CCN(C)C)nc3c2)N(C(=O)C(=O)Nc2ncccc2C(N)=O)C1. The maximum atomic E-state index is 13.3. The molecule has 1 aliphatic rings. The number of carbonyl (C=O) groups is 3. The van der Waals surface area contributed by atoms with Crippen LogP contribution in [0.5, 0.6) is 0 Å². The van der Waals surface area contributed by atoms with E-state index in [9.17, 15) is 14.4 Å². The van der Waals surface area contributed by atoms with E-state index in [1.807, 2.05) is 26.2 Å². The van der Waals surface area contributed by atoms with Crippen molar-refractivity contribution in [3.63, 3.8) is 0 Å². The van der Waals surface area contributed by atoms with Crippen LogP contribution in [0.3, 0.4) is 0 Å². The number of benzene rings is 1. The summed E-state index contributed by atoms with van der Waals surface area (Å²) in [7, 11) is 4.08. The monoisotopic (exact) mass is 494 g/mol. The van der Waals surface area contributed by atoms with Crippen molar-refractivity contribution in [2.24, 2.45) is 11.7 Å². The number of thiazole rings is 1. The highest BCUT2D eigenvalue weighted by Gasteiger charge is 2.35. The van der Waals surface area contributed by atoms with Crippen molar-refractivity contribution in [1.82, 2.24) is 19.8 Å². The summed E-state index contributed by atoms with van der Waals surface area (Å²) in [4.78, 5) is 50.4. The summed E-state index contributed by atoms with van der Waals surface area (Å²) < 4.78 is 1.11. The van der Waals surface area contributed by atoms with E-state index in [0.29, 0.717) is 6.54 Å². The first-order chi connectivity index (χ1) is 16.7. The molecule has 1 aliphatic heterocycles. The second kappa shape index (κ2) is 10.5. The second-order valence-electron chi connectivity index (χ2n) is 9.26. The van der Waals surface area contributed by atoms with Gasteiger partial charge in [0.2, 0.25) is 0 Å². The summed E-state index contributed by atoms with van der Waals surface area (Å²) >= 11 is 1.68. The highest BCUT2D eigenvalue weighted by atomic mass is 32.1. The maximum Gasteiger partial charge on any atom is 0.315 e. The number of nitrogens with zero attached hydrogens (tertiary/aromatic N) is 4. The van der Waals surface area contributed by atoms with Crippen LogP contribution in [-0.4, -0.2) is 64.7 Å². The molecular formula is C25H30N6O3S. The zero-order valence-electron chi connectivity index (χ0n) is 20.2. The summed E-state index contributed by atoms with van der Waals surface area (Å²) in [6.07, 6.45) is 4.01. The summed E-state index contributed by atoms with van der Waals surface area (Å²) in [5.41, 5.74) is 7.30. The first-order valence-electron chi connectivity index (χ1n) is 11.6. The Balaban J connectivity index is 1.56. The van der Waals surface area contributed by atoms with E-state index in [-0.39, 0.29) is 23.3 Å². The molecule has 2 aromatic heterocycles. The number of anilines is 1. The van der Waals surface area contributed by atoms with Crippen molar-refractivity contribution < 1.29 is 14.4 Å². The smallest absolute Gasteiger partial charge is 0.315 e. The summed E-state index contributed by atoms with van der Waals surface area (Å²) in [6, 6.07) is 8.87. The van der Waals surface area contributed by atoms with Crippen molar-refractivity contribution in [2.75, 3.05) is 32.5 Å². The Morgan fingerprint density at radius 3 is 2.77 bits per heavy atom. The number of fused-ring (bicyclic) bond motifs is 1. The first kappa shape index (κ1) is 24.7. The molecule has 4 rings (SSSR count). The van der Waals surface area contributed by atoms with E-state index in [1.165, 1.54) is 12.3 Å². The van der Waals surface area contributed by atoms with E-state index in [1.54, 1.807) is 22.3 Å². The Bertz CT molecular complexity index is 1260. The number of nitrogens with one attached hydrogen (secondary N) is 1. The molecule has 1 fully saturated rings. The van der Waals surface area contributed by atoms with Gasteiger partial charge in [-0.25, -0.2) is 9.97 Å². The van der Waals surface area contributed by atoms with Gasteiger partial charge in [-0.05, 0) is 62.7 Å². The van der Waals surface area contributed by atoms with Gasteiger partial charge < -0.3 is 20.9 Å². The lowest BCUT2D eigenvalue weighted by atomic mass is 9.89. The number of likely N-dealkylation sites (N-methyl/N-ethyl adjacent to an activating group) is 1. The molecular weight excluding hydrogens is 464 g/mol. The van der Waals surface area contributed by atoms with Crippen molar-refractivity contribution in [1.29, 1.82) is 0 Å². The zero-order chi connectivity index (χ0) is 25.1. The number of hydrogen-bond acceptors (Lipinski definition) is 7. The Morgan fingerprint density at radius 2 is 2.03 bits per heavy atom. The van der Waals surface area contributed by atoms with Crippen LogP contribution in [0.25, 0.3) is 10.2 Å². The summed E-state index contributed by atoms with van der Waals surface area (Å²) in [6.45, 7) is 3.46. The number of amides is 3. The normalized spacial score (nSPS) is 18.1. The average molecular weight is 495 g/mol. The van der Waals surface area contributed by atoms with Gasteiger partial charge in [-0.1, -0.05) is 13.0 Å². The second-order valence-corrected chi connectivity index (χ2v) is 10.4. The van der Waals surface area contributed by atoms with Crippen LogP contribution in [-0.2, 0) is 16.0 Å². The molecule has 3 N–H and O–H groups in total. The van der Waals surface area contributed by atoms with Crippen molar-refractivity contribution >= 4 is 45.1 Å². The number of nitrogens with two attached hydrogens (primary N) is 1. The lowest BCUT2D eigenvalue weighted by Gasteiger charge is -2.38. The minimum Gasteiger partial charge on any atom is -0.365 e. The highest BCUT2D eigenvalue weighted by molar-refractivity contribution is 7.18. The van der Waals surface area contributed by atoms with Gasteiger partial charge in [0.05, 0.1) is 26.8 Å². The number of carbonyl (C=O) groups excluding carboxylic acids is 3. The van der Waals surface area contributed by atoms with E-state index in [4.69, 9.17) is 10.7 Å². The zero-order valence-corrected chi connectivity index (χ0v) is 21.0. The molecule has 0 spiro atoms. The standard InChI is InChI=1S/C25H30N6O3S/c1-15-6-8-19(16-7-9-20-18(13-16)28-21(35-20)10-12-30(2)3)31(14-15)25(34)24(33)29-23-17(22(26)32)5-4-11-27-23/h4-5,7,9,11,13,15,19H,6,8,10,12,14H2,1-3H3,(H2,26,32)(H,27,29,33). The van der Waals surface area contributed by atoms with Crippen molar-refractivity contribution in [3.8, 4) is 0 Å². The quantitative estimate of drug-likeness (QED) is 0.508. The predicted octanol–water partition coefficient (Wildman–Crippen LogP) is 2.83. The average Bonchev–Trinajstić information content (AvgIpc) is 3.24. The van der Waals surface area contributed by atoms with Gasteiger partial charge in [-0.2, -0.15) is 0 Å². The molecule has 0 radical (unpaired) electrons. The van der Waals surface area contributed by atoms with Crippen molar-refractivity contribution in [3.05, 3.63) is 52.7 Å². The number of primary amides is 1. The van der Waals surface area contributed by atoms with Gasteiger partial charge >= 0.3 is 11.8 Å². The fourth-order valence-electron chi connectivity index (χ4n) is 4.34. The topological polar surface area (TPSA) is 122 Å². The first-order valence-corrected chi connectivity index (χ1v) is 12.5. The van der Waals surface area contributed by atoms with Crippen LogP contribution in [0.2, 0.25) is 0 Å². The molecule has 35 heavy (non-hydrogen) atoms. The van der Waals surface area contributed by atoms with Gasteiger partial charge in [0.15, 0.2) is 0 Å². The van der Waals surface area contributed by atoms with Gasteiger partial charge in [-0.3, -0.25) is 14.4 Å². The third kappa shape index (κ3) is 5.66. The van der Waals surface area contributed by atoms with Crippen LogP contribution < -0.4 is 11.1 Å². The molecule has 184 valence electrons. The molecule has 0 bridgehead atoms. The van der Waals surface area contributed by atoms with Crippen LogP contribution in [0.15, 0.2) is 36.5 Å². The van der Waals surface area contributed by atoms with Crippen molar-refractivity contribution in [2.45, 2.75) is 32.2 Å². The van der Waals surface area contributed by atoms with E-state index < -0.39 is 17.7 Å². The minimum absolute atomic E-state index is 0.0193. The Kier molecular flexibility index (Phi) is 7.42. The number of aromatic nitrogens is 2. The molecule has 10 heteroatoms. The number of piperidine rings is 1. The Labute approximate surface area is 208 Å². The molecule has 0 saturated carbocycles. The predicted molar refractivity (Wildman–Crippen MR) is 136 cm³/mol. The molecule has 2 atom stereocenters. The van der Waals surface area contributed by atoms with Crippen LogP contribution in [0, 0.1) is 5.92 Å². The lowest BCUT2D eigenvalue weighted by Crippen LogP contribution is -2.46. The minimum atomic E-state index is -0.842. The molecule has 3 heterocycles. The van der Waals surface area contributed by atoms with Gasteiger partial charge in [0.25, 0.3) is 5.91 Å². The molecule has 3 aromatic rings. The van der Waals surface area contributed by atoms with E-state index >= 15 is 0 Å². The molecule has 3 amide bonds. The van der Waals surface area contributed by atoms with Gasteiger partial charge in [0.1, 0.15) is 5.82 Å². The molecule has 0 aliphatic carbocycles. The number of hydrogen-bond donors (Lipinski definition) is 2. The maximum absolute atomic E-state index is 13.3. The fourth-order valence-corrected chi connectivity index (χ4v) is 5.28. The fraction of sp³-hybridized carbons (Fsp3) is 0.400.